The number of fused-ring (bicyclic) bond motifs is 1. The lowest BCUT2D eigenvalue weighted by molar-refractivity contribution is 0.628. The molecule has 0 aliphatic rings. The molecule has 0 atom stereocenters. The molecule has 5 heteroatoms. The summed E-state index contributed by atoms with van der Waals surface area (Å²) in [6.07, 6.45) is 7.31. The van der Waals surface area contributed by atoms with Crippen molar-refractivity contribution in [1.82, 2.24) is 20.2 Å². The maximum atomic E-state index is 13.0. The van der Waals surface area contributed by atoms with Gasteiger partial charge in [0.2, 0.25) is 0 Å². The lowest BCUT2D eigenvalue weighted by Gasteiger charge is -2.02. The molecule has 0 aliphatic heterocycles. The van der Waals surface area contributed by atoms with Crippen LogP contribution in [0.25, 0.3) is 33.3 Å². The second-order valence-electron chi connectivity index (χ2n) is 4.82. The number of rotatable bonds is 2. The van der Waals surface area contributed by atoms with Crippen LogP contribution in [0.1, 0.15) is 0 Å². The van der Waals surface area contributed by atoms with Crippen molar-refractivity contribution in [1.29, 1.82) is 0 Å². The number of halogens is 1. The summed E-state index contributed by atoms with van der Waals surface area (Å²) in [5, 5.41) is 7.80. The van der Waals surface area contributed by atoms with E-state index in [1.165, 1.54) is 12.1 Å². The first-order valence-electron chi connectivity index (χ1n) is 6.53. The summed E-state index contributed by atoms with van der Waals surface area (Å²) in [5.74, 6) is -0.242. The highest BCUT2D eigenvalue weighted by molar-refractivity contribution is 5.95. The van der Waals surface area contributed by atoms with Gasteiger partial charge in [0.1, 0.15) is 11.5 Å². The summed E-state index contributed by atoms with van der Waals surface area (Å²) in [6, 6.07) is 8.46. The molecule has 21 heavy (non-hydrogen) atoms. The van der Waals surface area contributed by atoms with Gasteiger partial charge in [0, 0.05) is 40.7 Å². The van der Waals surface area contributed by atoms with Crippen LogP contribution in [-0.2, 0) is 0 Å². The van der Waals surface area contributed by atoms with E-state index in [0.717, 1.165) is 33.3 Å². The molecule has 4 rings (SSSR count). The van der Waals surface area contributed by atoms with Gasteiger partial charge in [-0.15, -0.1) is 0 Å². The van der Waals surface area contributed by atoms with Gasteiger partial charge in [-0.1, -0.05) is 12.1 Å². The first-order valence-corrected chi connectivity index (χ1v) is 6.53. The molecule has 0 unspecified atom stereocenters. The minimum atomic E-state index is -0.242. The van der Waals surface area contributed by atoms with E-state index < -0.39 is 0 Å². The molecular weight excluding hydrogens is 267 g/mol. The van der Waals surface area contributed by atoms with Gasteiger partial charge in [0.25, 0.3) is 0 Å². The lowest BCUT2D eigenvalue weighted by atomic mass is 10.0. The third-order valence-electron chi connectivity index (χ3n) is 3.52. The van der Waals surface area contributed by atoms with E-state index in [9.17, 15) is 4.39 Å². The third-order valence-corrected chi connectivity index (χ3v) is 3.52. The summed E-state index contributed by atoms with van der Waals surface area (Å²) < 4.78 is 13.0. The van der Waals surface area contributed by atoms with Gasteiger partial charge in [-0.25, -0.2) is 9.37 Å². The van der Waals surface area contributed by atoms with E-state index in [2.05, 4.69) is 26.2 Å². The molecule has 2 N–H and O–H groups in total. The number of benzene rings is 1. The van der Waals surface area contributed by atoms with Crippen molar-refractivity contribution < 1.29 is 4.39 Å². The second-order valence-corrected chi connectivity index (χ2v) is 4.82. The summed E-state index contributed by atoms with van der Waals surface area (Å²) >= 11 is 0. The van der Waals surface area contributed by atoms with Gasteiger partial charge in [0.15, 0.2) is 0 Å². The van der Waals surface area contributed by atoms with Gasteiger partial charge < -0.3 is 4.98 Å². The number of hydrogen-bond acceptors (Lipinski definition) is 2. The summed E-state index contributed by atoms with van der Waals surface area (Å²) in [6.45, 7) is 0. The predicted molar refractivity (Wildman–Crippen MR) is 79.1 cm³/mol. The summed E-state index contributed by atoms with van der Waals surface area (Å²) in [7, 11) is 0. The third kappa shape index (κ3) is 1.99. The summed E-state index contributed by atoms with van der Waals surface area (Å²) in [4.78, 5) is 7.58. The van der Waals surface area contributed by atoms with Gasteiger partial charge in [0.05, 0.1) is 6.20 Å². The van der Waals surface area contributed by atoms with Crippen molar-refractivity contribution in [2.75, 3.05) is 0 Å². The van der Waals surface area contributed by atoms with Crippen LogP contribution >= 0.6 is 0 Å². The molecule has 1 aromatic carbocycles. The van der Waals surface area contributed by atoms with Crippen LogP contribution in [0.2, 0.25) is 0 Å². The Morgan fingerprint density at radius 3 is 2.52 bits per heavy atom. The predicted octanol–water partition coefficient (Wildman–Crippen LogP) is 3.76. The van der Waals surface area contributed by atoms with Gasteiger partial charge >= 0.3 is 0 Å². The van der Waals surface area contributed by atoms with Crippen LogP contribution in [0.4, 0.5) is 4.39 Å². The molecule has 4 nitrogen and oxygen atoms in total. The standard InChI is InChI=1S/C16H11FN4/c17-13-3-1-10(2-4-13)11-5-14-15(12-7-20-21-8-12)9-19-16(14)18-6-11/h1-9H,(H,18,19)(H,20,21). The van der Waals surface area contributed by atoms with Crippen LogP contribution in [0.5, 0.6) is 0 Å². The average Bonchev–Trinajstić information content (AvgIpc) is 3.16. The Balaban J connectivity index is 1.89. The van der Waals surface area contributed by atoms with E-state index in [0.29, 0.717) is 0 Å². The zero-order valence-corrected chi connectivity index (χ0v) is 11.0. The van der Waals surface area contributed by atoms with Crippen molar-refractivity contribution in [3.8, 4) is 22.3 Å². The van der Waals surface area contributed by atoms with Crippen molar-refractivity contribution >= 4 is 11.0 Å². The number of H-pyrrole nitrogens is 2. The fourth-order valence-corrected chi connectivity index (χ4v) is 2.44. The number of nitrogens with one attached hydrogen (secondary N) is 2. The highest BCUT2D eigenvalue weighted by Crippen LogP contribution is 2.30. The molecule has 0 saturated heterocycles. The second kappa shape index (κ2) is 4.56. The van der Waals surface area contributed by atoms with Crippen molar-refractivity contribution in [3.05, 3.63) is 60.9 Å². The van der Waals surface area contributed by atoms with E-state index in [1.807, 2.05) is 12.4 Å². The van der Waals surface area contributed by atoms with Crippen LogP contribution in [-0.4, -0.2) is 20.2 Å². The molecule has 0 fully saturated rings. The molecule has 0 saturated carbocycles. The zero-order chi connectivity index (χ0) is 14.2. The van der Waals surface area contributed by atoms with Crippen LogP contribution < -0.4 is 0 Å². The normalized spacial score (nSPS) is 11.1. The molecule has 0 bridgehead atoms. The molecule has 3 heterocycles. The zero-order valence-electron chi connectivity index (χ0n) is 11.0. The highest BCUT2D eigenvalue weighted by atomic mass is 19.1. The Kier molecular flexibility index (Phi) is 2.57. The number of hydrogen-bond donors (Lipinski definition) is 2. The molecule has 4 aromatic rings. The molecular formula is C16H11FN4. The first kappa shape index (κ1) is 11.8. The number of aromatic nitrogens is 4. The lowest BCUT2D eigenvalue weighted by Crippen LogP contribution is -1.83. The summed E-state index contributed by atoms with van der Waals surface area (Å²) in [5.41, 5.74) is 4.74. The number of pyridine rings is 1. The highest BCUT2D eigenvalue weighted by Gasteiger charge is 2.09. The van der Waals surface area contributed by atoms with E-state index >= 15 is 0 Å². The molecule has 0 aliphatic carbocycles. The largest absolute Gasteiger partial charge is 0.346 e. The van der Waals surface area contributed by atoms with E-state index in [4.69, 9.17) is 0 Å². The minimum absolute atomic E-state index is 0.242. The van der Waals surface area contributed by atoms with Crippen molar-refractivity contribution in [2.45, 2.75) is 0 Å². The Bertz CT molecular complexity index is 892. The van der Waals surface area contributed by atoms with Gasteiger partial charge in [-0.2, -0.15) is 5.10 Å². The van der Waals surface area contributed by atoms with Crippen LogP contribution in [0.3, 0.4) is 0 Å². The Labute approximate surface area is 119 Å². The fraction of sp³-hybridized carbons (Fsp3) is 0. The van der Waals surface area contributed by atoms with Crippen molar-refractivity contribution in [3.63, 3.8) is 0 Å². The Morgan fingerprint density at radius 2 is 1.76 bits per heavy atom. The molecule has 3 aromatic heterocycles. The van der Waals surface area contributed by atoms with E-state index in [-0.39, 0.29) is 5.82 Å². The van der Waals surface area contributed by atoms with E-state index in [1.54, 1.807) is 24.5 Å². The monoisotopic (exact) mass is 278 g/mol. The number of nitrogens with zero attached hydrogens (tertiary/aromatic N) is 2. The average molecular weight is 278 g/mol. The van der Waals surface area contributed by atoms with Gasteiger partial charge in [-0.05, 0) is 23.8 Å². The minimum Gasteiger partial charge on any atom is -0.346 e. The maximum Gasteiger partial charge on any atom is 0.137 e. The molecule has 0 radical (unpaired) electrons. The van der Waals surface area contributed by atoms with Crippen LogP contribution in [0.15, 0.2) is 55.1 Å². The molecule has 0 amide bonds. The topological polar surface area (TPSA) is 57.4 Å². The van der Waals surface area contributed by atoms with Crippen LogP contribution in [0, 0.1) is 5.82 Å². The fourth-order valence-electron chi connectivity index (χ4n) is 2.44. The van der Waals surface area contributed by atoms with Gasteiger partial charge in [-0.3, -0.25) is 5.10 Å². The molecule has 0 spiro atoms. The quantitative estimate of drug-likeness (QED) is 0.586. The Morgan fingerprint density at radius 1 is 0.905 bits per heavy atom. The smallest absolute Gasteiger partial charge is 0.137 e. The van der Waals surface area contributed by atoms with Crippen molar-refractivity contribution in [2.24, 2.45) is 0 Å². The maximum absolute atomic E-state index is 13.0. The first-order chi connectivity index (χ1) is 10.3. The number of aromatic amines is 2. The Hall–Kier alpha value is -2.95. The SMILES string of the molecule is Fc1ccc(-c2cnc3[nH]cc(-c4cn[nH]c4)c3c2)cc1. The molecule has 102 valence electrons.